The zero-order valence-corrected chi connectivity index (χ0v) is 7.23. The predicted octanol–water partition coefficient (Wildman–Crippen LogP) is 0.511. The third-order valence-corrected chi connectivity index (χ3v) is 1.56. The van der Waals surface area contributed by atoms with Gasteiger partial charge >= 0.3 is 11.9 Å². The van der Waals surface area contributed by atoms with Crippen LogP contribution in [0.3, 0.4) is 0 Å². The van der Waals surface area contributed by atoms with Crippen LogP contribution < -0.4 is 0 Å². The summed E-state index contributed by atoms with van der Waals surface area (Å²) < 4.78 is 12.8. The summed E-state index contributed by atoms with van der Waals surface area (Å²) in [6.07, 6.45) is -0.577. The molecule has 0 rings (SSSR count). The van der Waals surface area contributed by atoms with Crippen LogP contribution in [0.5, 0.6) is 0 Å². The molecule has 0 aliphatic rings. The predicted molar refractivity (Wildman–Crippen MR) is 41.8 cm³/mol. The summed E-state index contributed by atoms with van der Waals surface area (Å²) in [6, 6.07) is -1.36. The van der Waals surface area contributed by atoms with Gasteiger partial charge in [0.05, 0.1) is 0 Å². The second-order valence-corrected chi connectivity index (χ2v) is 2.50. The van der Waals surface area contributed by atoms with Crippen LogP contribution in [0.2, 0.25) is 0 Å². The van der Waals surface area contributed by atoms with E-state index in [0.29, 0.717) is 0 Å². The zero-order chi connectivity index (χ0) is 10.4. The third-order valence-electron chi connectivity index (χ3n) is 1.56. The molecule has 0 saturated heterocycles. The maximum atomic E-state index is 12.8. The number of carboxylic acids is 2. The summed E-state index contributed by atoms with van der Waals surface area (Å²) in [7, 11) is 0. The molecule has 0 saturated carbocycles. The molecule has 2 N–H and O–H groups in total. The highest BCUT2D eigenvalue weighted by atomic mass is 19.2. The number of hydrogen-bond donors (Lipinski definition) is 2. The second-order valence-electron chi connectivity index (χ2n) is 2.50. The number of halogens is 1. The Balaban J connectivity index is 4.10. The second kappa shape index (κ2) is 5.47. The number of hydrogen-bond acceptors (Lipinski definition) is 3. The number of nitrogens with zero attached hydrogens (tertiary/aromatic N) is 1. The van der Waals surface area contributed by atoms with E-state index in [1.54, 1.807) is 0 Å². The Hall–Kier alpha value is -1.17. The van der Waals surface area contributed by atoms with Gasteiger partial charge in [-0.15, -0.1) is 9.60 Å². The van der Waals surface area contributed by atoms with Crippen LogP contribution in [0.4, 0.5) is 4.48 Å². The molecule has 0 aromatic carbocycles. The fourth-order valence-corrected chi connectivity index (χ4v) is 0.864. The van der Waals surface area contributed by atoms with Gasteiger partial charge in [0.2, 0.25) is 0 Å². The maximum Gasteiger partial charge on any atom is 0.323 e. The van der Waals surface area contributed by atoms with Crippen molar-refractivity contribution in [1.29, 1.82) is 0 Å². The summed E-state index contributed by atoms with van der Waals surface area (Å²) in [5.74, 6) is -2.47. The highest BCUT2D eigenvalue weighted by Gasteiger charge is 2.25. The Morgan fingerprint density at radius 3 is 2.31 bits per heavy atom. The van der Waals surface area contributed by atoms with E-state index >= 15 is 0 Å². The van der Waals surface area contributed by atoms with Crippen molar-refractivity contribution < 1.29 is 24.3 Å². The largest absolute Gasteiger partial charge is 0.481 e. The lowest BCUT2D eigenvalue weighted by molar-refractivity contribution is -0.152. The zero-order valence-electron chi connectivity index (χ0n) is 7.23. The van der Waals surface area contributed by atoms with E-state index < -0.39 is 18.0 Å². The van der Waals surface area contributed by atoms with Gasteiger partial charge in [-0.05, 0) is 13.3 Å². The van der Waals surface area contributed by atoms with Crippen LogP contribution in [0.1, 0.15) is 19.8 Å². The van der Waals surface area contributed by atoms with Gasteiger partial charge < -0.3 is 10.2 Å². The van der Waals surface area contributed by atoms with Gasteiger partial charge in [-0.3, -0.25) is 9.59 Å². The van der Waals surface area contributed by atoms with Gasteiger partial charge in [0, 0.05) is 13.0 Å². The van der Waals surface area contributed by atoms with Crippen molar-refractivity contribution in [3.8, 4) is 0 Å². The lowest BCUT2D eigenvalue weighted by atomic mass is 10.1. The van der Waals surface area contributed by atoms with E-state index in [4.69, 9.17) is 10.2 Å². The van der Waals surface area contributed by atoms with Crippen molar-refractivity contribution in [2.24, 2.45) is 0 Å². The Morgan fingerprint density at radius 1 is 1.46 bits per heavy atom. The van der Waals surface area contributed by atoms with Crippen LogP contribution in [-0.4, -0.2) is 39.9 Å². The molecule has 0 aromatic heterocycles. The number of likely N-dealkylation sites (N-methyl/N-ethyl adjacent to an activating group) is 1. The number of carboxylic acid groups (broad SMARTS) is 2. The van der Waals surface area contributed by atoms with Crippen LogP contribution in [-0.2, 0) is 9.59 Å². The van der Waals surface area contributed by atoms with Gasteiger partial charge in [0.1, 0.15) is 6.04 Å². The van der Waals surface area contributed by atoms with Crippen LogP contribution in [0.25, 0.3) is 0 Å². The summed E-state index contributed by atoms with van der Waals surface area (Å²) >= 11 is 0. The molecule has 0 spiro atoms. The van der Waals surface area contributed by atoms with E-state index in [0.717, 1.165) is 0 Å². The molecule has 0 heterocycles. The SMILES string of the molecule is CCN(F)[C@@H](CCC(=O)O)C(=O)O. The van der Waals surface area contributed by atoms with Gasteiger partial charge in [-0.25, -0.2) is 0 Å². The average Bonchev–Trinajstić information content (AvgIpc) is 2.03. The normalized spacial score (nSPS) is 12.8. The third kappa shape index (κ3) is 4.41. The topological polar surface area (TPSA) is 77.8 Å². The average molecular weight is 193 g/mol. The highest BCUT2D eigenvalue weighted by Crippen LogP contribution is 2.07. The minimum absolute atomic E-state index is 0.0728. The minimum Gasteiger partial charge on any atom is -0.481 e. The van der Waals surface area contributed by atoms with Crippen molar-refractivity contribution in [3.05, 3.63) is 0 Å². The van der Waals surface area contributed by atoms with Crippen molar-refractivity contribution >= 4 is 11.9 Å². The fraction of sp³-hybridized carbons (Fsp3) is 0.714. The Labute approximate surface area is 74.7 Å². The molecule has 0 radical (unpaired) electrons. The van der Waals surface area contributed by atoms with E-state index in [-0.39, 0.29) is 24.5 Å². The first-order valence-corrected chi connectivity index (χ1v) is 3.86. The quantitative estimate of drug-likeness (QED) is 0.601. The highest BCUT2D eigenvalue weighted by molar-refractivity contribution is 5.74. The Morgan fingerprint density at radius 2 is 2.00 bits per heavy atom. The van der Waals surface area contributed by atoms with Gasteiger partial charge in [0.15, 0.2) is 0 Å². The molecule has 5 nitrogen and oxygen atoms in total. The molecule has 0 bridgehead atoms. The van der Waals surface area contributed by atoms with Crippen LogP contribution in [0.15, 0.2) is 0 Å². The van der Waals surface area contributed by atoms with Crippen LogP contribution in [0, 0.1) is 0 Å². The molecule has 0 aliphatic carbocycles. The first-order chi connectivity index (χ1) is 5.99. The standard InChI is InChI=1S/C7H12FNO4/c1-2-9(8)5(7(12)13)3-4-6(10)11/h5H,2-4H2,1H3,(H,10,11)(H,12,13)/t5-/m0/s1. The molecule has 1 atom stereocenters. The van der Waals surface area contributed by atoms with E-state index in [2.05, 4.69) is 0 Å². The van der Waals surface area contributed by atoms with Crippen LogP contribution >= 0.6 is 0 Å². The number of aliphatic carboxylic acids is 2. The van der Waals surface area contributed by atoms with E-state index in [9.17, 15) is 14.1 Å². The van der Waals surface area contributed by atoms with E-state index in [1.807, 2.05) is 0 Å². The molecule has 0 fully saturated rings. The summed E-state index contributed by atoms with van der Waals surface area (Å²) in [5.41, 5.74) is 0. The minimum atomic E-state index is -1.36. The molecule has 0 aliphatic heterocycles. The number of carbonyl (C=O) groups is 2. The van der Waals surface area contributed by atoms with Gasteiger partial charge in [0.25, 0.3) is 0 Å². The van der Waals surface area contributed by atoms with Crippen molar-refractivity contribution in [2.75, 3.05) is 6.54 Å². The van der Waals surface area contributed by atoms with Gasteiger partial charge in [-0.2, -0.15) is 0 Å². The molecule has 76 valence electrons. The summed E-state index contributed by atoms with van der Waals surface area (Å²) in [6.45, 7) is 1.38. The van der Waals surface area contributed by atoms with Gasteiger partial charge in [-0.1, -0.05) is 0 Å². The fourth-order valence-electron chi connectivity index (χ4n) is 0.864. The molecular formula is C7H12FNO4. The summed E-state index contributed by atoms with van der Waals surface area (Å²) in [5, 5.41) is 16.9. The number of rotatable bonds is 6. The first-order valence-electron chi connectivity index (χ1n) is 3.86. The summed E-state index contributed by atoms with van der Waals surface area (Å²) in [4.78, 5) is 20.5. The lowest BCUT2D eigenvalue weighted by Gasteiger charge is -2.17. The van der Waals surface area contributed by atoms with Crippen molar-refractivity contribution in [2.45, 2.75) is 25.8 Å². The molecule has 0 unspecified atom stereocenters. The Bertz CT molecular complexity index is 197. The monoisotopic (exact) mass is 193 g/mol. The Kier molecular flexibility index (Phi) is 4.98. The molecular weight excluding hydrogens is 181 g/mol. The molecule has 13 heavy (non-hydrogen) atoms. The van der Waals surface area contributed by atoms with Crippen molar-refractivity contribution in [1.82, 2.24) is 5.12 Å². The molecule has 6 heteroatoms. The first kappa shape index (κ1) is 11.8. The van der Waals surface area contributed by atoms with Crippen molar-refractivity contribution in [3.63, 3.8) is 0 Å². The maximum absolute atomic E-state index is 12.8. The lowest BCUT2D eigenvalue weighted by Crippen LogP contribution is -2.36. The molecule has 0 aromatic rings. The smallest absolute Gasteiger partial charge is 0.323 e. The molecule has 0 amide bonds. The van der Waals surface area contributed by atoms with E-state index in [1.165, 1.54) is 6.92 Å².